The number of benzene rings is 1. The molecule has 3 nitrogen and oxygen atoms in total. The van der Waals surface area contributed by atoms with E-state index < -0.39 is 0 Å². The minimum absolute atomic E-state index is 0.169. The maximum atomic E-state index is 12.0. The Balaban J connectivity index is 2.08. The molecule has 0 aliphatic carbocycles. The molecular formula is C16H19NO2. The number of carbonyl (C=O) groups is 1. The minimum atomic E-state index is 0.169. The molecule has 0 atom stereocenters. The number of hydrogen-bond donors (Lipinski definition) is 0. The first-order chi connectivity index (χ1) is 9.20. The summed E-state index contributed by atoms with van der Waals surface area (Å²) in [6.07, 6.45) is 1.31. The molecule has 19 heavy (non-hydrogen) atoms. The second kappa shape index (κ2) is 6.43. The lowest BCUT2D eigenvalue weighted by molar-refractivity contribution is 0.0947. The van der Waals surface area contributed by atoms with E-state index in [1.54, 1.807) is 0 Å². The number of ketones is 1. The van der Waals surface area contributed by atoms with Gasteiger partial charge in [-0.15, -0.1) is 0 Å². The van der Waals surface area contributed by atoms with Crippen molar-refractivity contribution in [3.05, 3.63) is 41.6 Å². The maximum absolute atomic E-state index is 12.0. The van der Waals surface area contributed by atoms with E-state index in [9.17, 15) is 4.79 Å². The van der Waals surface area contributed by atoms with Crippen LogP contribution in [0.2, 0.25) is 0 Å². The molecule has 0 N–H and O–H groups in total. The number of Topliss-reactive ketones (excluding diaryl/α,β-unsaturated/α-hetero) is 1. The van der Waals surface area contributed by atoms with Gasteiger partial charge in [0, 0.05) is 36.3 Å². The molecule has 0 unspecified atom stereocenters. The van der Waals surface area contributed by atoms with E-state index in [-0.39, 0.29) is 5.78 Å². The Kier molecular flexibility index (Phi) is 4.63. The van der Waals surface area contributed by atoms with Gasteiger partial charge in [-0.1, -0.05) is 6.07 Å². The molecule has 2 aromatic rings. The van der Waals surface area contributed by atoms with Gasteiger partial charge in [0.2, 0.25) is 0 Å². The highest BCUT2D eigenvalue weighted by Gasteiger charge is 2.07. The van der Waals surface area contributed by atoms with E-state index in [1.807, 2.05) is 44.2 Å². The van der Waals surface area contributed by atoms with Crippen molar-refractivity contribution in [2.24, 2.45) is 0 Å². The predicted octanol–water partition coefficient (Wildman–Crippen LogP) is 3.54. The first-order valence-electron chi connectivity index (χ1n) is 6.69. The Morgan fingerprint density at radius 1 is 1.26 bits per heavy atom. The first kappa shape index (κ1) is 13.7. The smallest absolute Gasteiger partial charge is 0.162 e. The molecule has 0 saturated carbocycles. The monoisotopic (exact) mass is 257 g/mol. The fourth-order valence-corrected chi connectivity index (χ4v) is 2.02. The lowest BCUT2D eigenvalue weighted by Gasteiger charge is -2.04. The molecule has 0 aliphatic heterocycles. The van der Waals surface area contributed by atoms with Crippen molar-refractivity contribution < 1.29 is 9.53 Å². The second-order valence-corrected chi connectivity index (χ2v) is 4.58. The van der Waals surface area contributed by atoms with Crippen LogP contribution < -0.4 is 0 Å². The fraction of sp³-hybridized carbons (Fsp3) is 0.375. The summed E-state index contributed by atoms with van der Waals surface area (Å²) in [6.45, 7) is 5.28. The minimum Gasteiger partial charge on any atom is -0.382 e. The number of rotatable bonds is 6. The van der Waals surface area contributed by atoms with E-state index >= 15 is 0 Å². The van der Waals surface area contributed by atoms with E-state index in [0.29, 0.717) is 19.6 Å². The van der Waals surface area contributed by atoms with Crippen molar-refractivity contribution in [3.8, 4) is 0 Å². The average Bonchev–Trinajstić information content (AvgIpc) is 2.42. The summed E-state index contributed by atoms with van der Waals surface area (Å²) in [7, 11) is 0. The molecule has 1 aromatic heterocycles. The highest BCUT2D eigenvalue weighted by molar-refractivity contribution is 5.99. The van der Waals surface area contributed by atoms with Crippen LogP contribution >= 0.6 is 0 Å². The molecule has 0 bridgehead atoms. The zero-order valence-corrected chi connectivity index (χ0v) is 11.5. The zero-order valence-electron chi connectivity index (χ0n) is 11.5. The zero-order chi connectivity index (χ0) is 13.7. The first-order valence-corrected chi connectivity index (χ1v) is 6.69. The van der Waals surface area contributed by atoms with Crippen LogP contribution in [0.1, 0.15) is 35.8 Å². The third kappa shape index (κ3) is 3.61. The number of carbonyl (C=O) groups excluding carboxylic acids is 1. The van der Waals surface area contributed by atoms with Crippen LogP contribution in [0.5, 0.6) is 0 Å². The fourth-order valence-electron chi connectivity index (χ4n) is 2.02. The molecule has 0 amide bonds. The highest BCUT2D eigenvalue weighted by atomic mass is 16.5. The number of hydrogen-bond acceptors (Lipinski definition) is 3. The van der Waals surface area contributed by atoms with Gasteiger partial charge in [0.25, 0.3) is 0 Å². The number of aromatic nitrogens is 1. The average molecular weight is 257 g/mol. The van der Waals surface area contributed by atoms with Crippen LogP contribution in [0.25, 0.3) is 10.9 Å². The van der Waals surface area contributed by atoms with Crippen LogP contribution in [0, 0.1) is 6.92 Å². The maximum Gasteiger partial charge on any atom is 0.162 e. The summed E-state index contributed by atoms with van der Waals surface area (Å²) in [5.74, 6) is 0.169. The number of fused-ring (bicyclic) bond motifs is 1. The Morgan fingerprint density at radius 2 is 2.11 bits per heavy atom. The summed E-state index contributed by atoms with van der Waals surface area (Å²) < 4.78 is 5.24. The van der Waals surface area contributed by atoms with E-state index in [2.05, 4.69) is 4.98 Å². The van der Waals surface area contributed by atoms with Gasteiger partial charge in [0.05, 0.1) is 5.52 Å². The van der Waals surface area contributed by atoms with Crippen LogP contribution in [-0.4, -0.2) is 24.0 Å². The SMILES string of the molecule is CCOCCCC(=O)c1ccc2nc(C)ccc2c1. The van der Waals surface area contributed by atoms with Gasteiger partial charge in [0.15, 0.2) is 5.78 Å². The van der Waals surface area contributed by atoms with Gasteiger partial charge < -0.3 is 4.74 Å². The predicted molar refractivity (Wildman–Crippen MR) is 76.5 cm³/mol. The molecule has 0 spiro atoms. The van der Waals surface area contributed by atoms with Gasteiger partial charge in [-0.3, -0.25) is 9.78 Å². The Labute approximate surface area is 113 Å². The summed E-state index contributed by atoms with van der Waals surface area (Å²) in [4.78, 5) is 16.5. The van der Waals surface area contributed by atoms with E-state index in [4.69, 9.17) is 4.74 Å². The molecule has 0 radical (unpaired) electrons. The van der Waals surface area contributed by atoms with Crippen molar-refractivity contribution in [2.75, 3.05) is 13.2 Å². The summed E-state index contributed by atoms with van der Waals surface area (Å²) >= 11 is 0. The molecular weight excluding hydrogens is 238 g/mol. The molecule has 2 rings (SSSR count). The molecule has 1 heterocycles. The highest BCUT2D eigenvalue weighted by Crippen LogP contribution is 2.16. The molecule has 0 saturated heterocycles. The third-order valence-electron chi connectivity index (χ3n) is 3.05. The van der Waals surface area contributed by atoms with Crippen LogP contribution in [0.15, 0.2) is 30.3 Å². The van der Waals surface area contributed by atoms with Gasteiger partial charge in [-0.2, -0.15) is 0 Å². The number of ether oxygens (including phenoxy) is 1. The number of pyridine rings is 1. The van der Waals surface area contributed by atoms with Gasteiger partial charge in [0.1, 0.15) is 0 Å². The van der Waals surface area contributed by atoms with E-state index in [0.717, 1.165) is 28.6 Å². The van der Waals surface area contributed by atoms with Crippen molar-refractivity contribution >= 4 is 16.7 Å². The van der Waals surface area contributed by atoms with Crippen LogP contribution in [-0.2, 0) is 4.74 Å². The van der Waals surface area contributed by atoms with Crippen LogP contribution in [0.3, 0.4) is 0 Å². The quantitative estimate of drug-likeness (QED) is 0.587. The second-order valence-electron chi connectivity index (χ2n) is 4.58. The molecule has 3 heteroatoms. The topological polar surface area (TPSA) is 39.2 Å². The van der Waals surface area contributed by atoms with Crippen molar-refractivity contribution in [3.63, 3.8) is 0 Å². The van der Waals surface area contributed by atoms with Gasteiger partial charge in [-0.25, -0.2) is 0 Å². The molecule has 1 aromatic carbocycles. The number of aryl methyl sites for hydroxylation is 1. The number of nitrogens with zero attached hydrogens (tertiary/aromatic N) is 1. The van der Waals surface area contributed by atoms with Crippen molar-refractivity contribution in [2.45, 2.75) is 26.7 Å². The van der Waals surface area contributed by atoms with Crippen molar-refractivity contribution in [1.29, 1.82) is 0 Å². The Hall–Kier alpha value is -1.74. The summed E-state index contributed by atoms with van der Waals surface area (Å²) in [6, 6.07) is 9.67. The van der Waals surface area contributed by atoms with Gasteiger partial charge >= 0.3 is 0 Å². The summed E-state index contributed by atoms with van der Waals surface area (Å²) in [5.41, 5.74) is 2.68. The standard InChI is InChI=1S/C16H19NO2/c1-3-19-10-4-5-16(18)14-8-9-15-13(11-14)7-6-12(2)17-15/h6-9,11H,3-5,10H2,1-2H3. The van der Waals surface area contributed by atoms with Crippen molar-refractivity contribution in [1.82, 2.24) is 4.98 Å². The largest absolute Gasteiger partial charge is 0.382 e. The van der Waals surface area contributed by atoms with Crippen LogP contribution in [0.4, 0.5) is 0 Å². The van der Waals surface area contributed by atoms with E-state index in [1.165, 1.54) is 0 Å². The Morgan fingerprint density at radius 3 is 2.89 bits per heavy atom. The van der Waals surface area contributed by atoms with Gasteiger partial charge in [-0.05, 0) is 44.5 Å². The molecule has 0 fully saturated rings. The lowest BCUT2D eigenvalue weighted by atomic mass is 10.0. The molecule has 0 aliphatic rings. The lowest BCUT2D eigenvalue weighted by Crippen LogP contribution is -2.02. The Bertz CT molecular complexity index is 578. The molecule has 100 valence electrons. The third-order valence-corrected chi connectivity index (χ3v) is 3.05. The summed E-state index contributed by atoms with van der Waals surface area (Å²) in [5, 5.41) is 1.02. The normalized spacial score (nSPS) is 10.8.